The molecule has 2 aromatic heterocycles. The number of hydrogen-bond acceptors (Lipinski definition) is 4. The molecule has 1 amide bonds. The Morgan fingerprint density at radius 2 is 2.17 bits per heavy atom. The first-order chi connectivity index (χ1) is 11.7. The fraction of sp³-hybridized carbons (Fsp3) is 0.526. The number of thiophene rings is 1. The third-order valence-electron chi connectivity index (χ3n) is 5.25. The van der Waals surface area contributed by atoms with Gasteiger partial charge in [0.2, 0.25) is 0 Å². The SMILES string of the molecule is C[C@@H]1CCc2c(C(=O)N3CCN(Cc4ccco4)CC3)csc2C1. The molecule has 1 aliphatic heterocycles. The van der Waals surface area contributed by atoms with Gasteiger partial charge < -0.3 is 9.32 Å². The van der Waals surface area contributed by atoms with Crippen molar-refractivity contribution in [2.24, 2.45) is 5.92 Å². The fourth-order valence-corrected chi connectivity index (χ4v) is 5.00. The molecule has 1 fully saturated rings. The van der Waals surface area contributed by atoms with Crippen molar-refractivity contribution in [1.29, 1.82) is 0 Å². The van der Waals surface area contributed by atoms with E-state index < -0.39 is 0 Å². The van der Waals surface area contributed by atoms with E-state index in [1.807, 2.05) is 17.0 Å². The maximum atomic E-state index is 12.9. The number of rotatable bonds is 3. The van der Waals surface area contributed by atoms with Crippen molar-refractivity contribution in [3.63, 3.8) is 0 Å². The zero-order valence-electron chi connectivity index (χ0n) is 14.2. The van der Waals surface area contributed by atoms with Crippen LogP contribution in [0, 0.1) is 5.92 Å². The van der Waals surface area contributed by atoms with E-state index in [0.717, 1.165) is 62.8 Å². The Kier molecular flexibility index (Phi) is 4.46. The molecule has 2 aliphatic rings. The Balaban J connectivity index is 1.38. The summed E-state index contributed by atoms with van der Waals surface area (Å²) in [5.41, 5.74) is 2.31. The first-order valence-corrected chi connectivity index (χ1v) is 9.72. The van der Waals surface area contributed by atoms with E-state index in [0.29, 0.717) is 0 Å². The Labute approximate surface area is 147 Å². The minimum atomic E-state index is 0.236. The van der Waals surface area contributed by atoms with Gasteiger partial charge in [0.05, 0.1) is 18.4 Å². The van der Waals surface area contributed by atoms with Gasteiger partial charge >= 0.3 is 0 Å². The molecule has 0 unspecified atom stereocenters. The van der Waals surface area contributed by atoms with Crippen LogP contribution < -0.4 is 0 Å². The zero-order valence-corrected chi connectivity index (χ0v) is 15.0. The van der Waals surface area contributed by atoms with Crippen LogP contribution in [0.3, 0.4) is 0 Å². The molecule has 24 heavy (non-hydrogen) atoms. The van der Waals surface area contributed by atoms with Gasteiger partial charge in [-0.25, -0.2) is 0 Å². The first-order valence-electron chi connectivity index (χ1n) is 8.84. The highest BCUT2D eigenvalue weighted by molar-refractivity contribution is 7.10. The van der Waals surface area contributed by atoms with Gasteiger partial charge in [-0.3, -0.25) is 9.69 Å². The molecule has 3 heterocycles. The second-order valence-corrected chi connectivity index (χ2v) is 8.01. The van der Waals surface area contributed by atoms with Crippen molar-refractivity contribution in [2.45, 2.75) is 32.7 Å². The lowest BCUT2D eigenvalue weighted by Crippen LogP contribution is -2.48. The smallest absolute Gasteiger partial charge is 0.255 e. The molecule has 128 valence electrons. The summed E-state index contributed by atoms with van der Waals surface area (Å²) in [6.07, 6.45) is 5.14. The summed E-state index contributed by atoms with van der Waals surface area (Å²) in [4.78, 5) is 18.8. The van der Waals surface area contributed by atoms with E-state index in [4.69, 9.17) is 4.42 Å². The number of amides is 1. The normalized spacial score (nSPS) is 21.7. The number of carbonyl (C=O) groups excluding carboxylic acids is 1. The molecule has 4 nitrogen and oxygen atoms in total. The van der Waals surface area contributed by atoms with Crippen molar-refractivity contribution >= 4 is 17.2 Å². The molecule has 5 heteroatoms. The molecular formula is C19H24N2O2S. The largest absolute Gasteiger partial charge is 0.468 e. The number of furan rings is 1. The molecule has 0 saturated carbocycles. The van der Waals surface area contributed by atoms with Crippen LogP contribution in [0.5, 0.6) is 0 Å². The average molecular weight is 344 g/mol. The third-order valence-corrected chi connectivity index (χ3v) is 6.30. The van der Waals surface area contributed by atoms with Crippen LogP contribution >= 0.6 is 11.3 Å². The van der Waals surface area contributed by atoms with Gasteiger partial charge in [-0.15, -0.1) is 11.3 Å². The number of carbonyl (C=O) groups is 1. The van der Waals surface area contributed by atoms with Crippen LogP contribution in [-0.2, 0) is 19.4 Å². The lowest BCUT2D eigenvalue weighted by molar-refractivity contribution is 0.0619. The van der Waals surface area contributed by atoms with E-state index in [9.17, 15) is 4.79 Å². The first kappa shape index (κ1) is 15.9. The van der Waals surface area contributed by atoms with Crippen LogP contribution in [0.1, 0.15) is 39.9 Å². The van der Waals surface area contributed by atoms with E-state index in [-0.39, 0.29) is 5.91 Å². The van der Waals surface area contributed by atoms with Crippen molar-refractivity contribution in [3.8, 4) is 0 Å². The summed E-state index contributed by atoms with van der Waals surface area (Å²) in [7, 11) is 0. The molecule has 0 N–H and O–H groups in total. The van der Waals surface area contributed by atoms with Gasteiger partial charge in [-0.1, -0.05) is 6.92 Å². The lowest BCUT2D eigenvalue weighted by Gasteiger charge is -2.34. The molecule has 2 aromatic rings. The highest BCUT2D eigenvalue weighted by Gasteiger charge is 2.28. The highest BCUT2D eigenvalue weighted by atomic mass is 32.1. The van der Waals surface area contributed by atoms with Crippen LogP contribution in [0.25, 0.3) is 0 Å². The lowest BCUT2D eigenvalue weighted by atomic mass is 9.88. The second-order valence-electron chi connectivity index (χ2n) is 7.05. The fourth-order valence-electron chi connectivity index (χ4n) is 3.76. The van der Waals surface area contributed by atoms with Gasteiger partial charge in [-0.2, -0.15) is 0 Å². The quantitative estimate of drug-likeness (QED) is 0.856. The summed E-state index contributed by atoms with van der Waals surface area (Å²) >= 11 is 1.78. The molecule has 0 spiro atoms. The molecule has 4 rings (SSSR count). The molecular weight excluding hydrogens is 320 g/mol. The van der Waals surface area contributed by atoms with Crippen molar-refractivity contribution in [2.75, 3.05) is 26.2 Å². The minimum Gasteiger partial charge on any atom is -0.468 e. The molecule has 0 aromatic carbocycles. The highest BCUT2D eigenvalue weighted by Crippen LogP contribution is 2.33. The number of hydrogen-bond donors (Lipinski definition) is 0. The van der Waals surface area contributed by atoms with E-state index in [2.05, 4.69) is 17.2 Å². The van der Waals surface area contributed by atoms with Crippen LogP contribution in [-0.4, -0.2) is 41.9 Å². The van der Waals surface area contributed by atoms with Crippen molar-refractivity contribution < 1.29 is 9.21 Å². The molecule has 0 bridgehead atoms. The van der Waals surface area contributed by atoms with Gasteiger partial charge in [0, 0.05) is 36.4 Å². The Morgan fingerprint density at radius 3 is 2.92 bits per heavy atom. The van der Waals surface area contributed by atoms with Crippen LogP contribution in [0.4, 0.5) is 0 Å². The number of nitrogens with zero attached hydrogens (tertiary/aromatic N) is 2. The van der Waals surface area contributed by atoms with Crippen LogP contribution in [0.15, 0.2) is 28.2 Å². The van der Waals surface area contributed by atoms with Crippen molar-refractivity contribution in [3.05, 3.63) is 45.5 Å². The second kappa shape index (κ2) is 6.73. The standard InChI is InChI=1S/C19H24N2O2S/c1-14-4-5-16-17(13-24-18(16)11-14)19(22)21-8-6-20(7-9-21)12-15-3-2-10-23-15/h2-3,10,13-14H,4-9,11-12H2,1H3/t14-/m1/s1. The Morgan fingerprint density at radius 1 is 1.33 bits per heavy atom. The summed E-state index contributed by atoms with van der Waals surface area (Å²) in [6, 6.07) is 3.94. The summed E-state index contributed by atoms with van der Waals surface area (Å²) in [6.45, 7) is 6.58. The Bertz CT molecular complexity index is 699. The molecule has 1 aliphatic carbocycles. The van der Waals surface area contributed by atoms with E-state index in [1.165, 1.54) is 16.9 Å². The van der Waals surface area contributed by atoms with Gasteiger partial charge in [-0.05, 0) is 42.9 Å². The predicted molar refractivity (Wildman–Crippen MR) is 95.4 cm³/mol. The predicted octanol–water partition coefficient (Wildman–Crippen LogP) is 3.42. The van der Waals surface area contributed by atoms with Gasteiger partial charge in [0.1, 0.15) is 5.76 Å². The Hall–Kier alpha value is -1.59. The van der Waals surface area contributed by atoms with E-state index >= 15 is 0 Å². The topological polar surface area (TPSA) is 36.7 Å². The summed E-state index contributed by atoms with van der Waals surface area (Å²) in [5, 5.41) is 2.10. The number of piperazine rings is 1. The van der Waals surface area contributed by atoms with Gasteiger partial charge in [0.25, 0.3) is 5.91 Å². The van der Waals surface area contributed by atoms with E-state index in [1.54, 1.807) is 17.6 Å². The van der Waals surface area contributed by atoms with Crippen molar-refractivity contribution in [1.82, 2.24) is 9.80 Å². The third kappa shape index (κ3) is 3.15. The molecule has 1 atom stereocenters. The molecule has 1 saturated heterocycles. The number of fused-ring (bicyclic) bond motifs is 1. The van der Waals surface area contributed by atoms with Crippen LogP contribution in [0.2, 0.25) is 0 Å². The maximum absolute atomic E-state index is 12.9. The minimum absolute atomic E-state index is 0.236. The zero-order chi connectivity index (χ0) is 16.5. The van der Waals surface area contributed by atoms with Gasteiger partial charge in [0.15, 0.2) is 0 Å². The summed E-state index contributed by atoms with van der Waals surface area (Å²) in [5.74, 6) is 1.99. The average Bonchev–Trinajstić information content (AvgIpc) is 3.24. The monoisotopic (exact) mass is 344 g/mol. The summed E-state index contributed by atoms with van der Waals surface area (Å²) < 4.78 is 5.42. The molecule has 0 radical (unpaired) electrons. The maximum Gasteiger partial charge on any atom is 0.255 e.